The second-order valence-electron chi connectivity index (χ2n) is 16.1. The van der Waals surface area contributed by atoms with E-state index in [1.165, 1.54) is 56.9 Å². The summed E-state index contributed by atoms with van der Waals surface area (Å²) < 4.78 is 12.3. The van der Waals surface area contributed by atoms with Crippen molar-refractivity contribution in [3.05, 3.63) is 59.2 Å². The molecule has 3 fully saturated rings. The van der Waals surface area contributed by atoms with E-state index in [1.807, 2.05) is 25.1 Å². The first-order valence-electron chi connectivity index (χ1n) is 20.0. The van der Waals surface area contributed by atoms with Gasteiger partial charge in [0.1, 0.15) is 12.2 Å². The molecule has 1 unspecified atom stereocenters. The number of aromatic hydroxyl groups is 1. The number of unbranched alkanes of at least 4 members (excludes halogenated alkanes) is 4. The molecule has 1 aromatic rings. The number of benzene rings is 1. The van der Waals surface area contributed by atoms with Crippen molar-refractivity contribution in [2.45, 2.75) is 128 Å². The number of aliphatic hydroxyl groups excluding tert-OH is 3. The van der Waals surface area contributed by atoms with Gasteiger partial charge in [-0.15, -0.1) is 4.99 Å². The van der Waals surface area contributed by atoms with Crippen LogP contribution in [0.1, 0.15) is 109 Å². The summed E-state index contributed by atoms with van der Waals surface area (Å²) in [5.74, 6) is 3.82. The molecule has 2 heterocycles. The highest BCUT2D eigenvalue weighted by atomic mass is 16.5. The van der Waals surface area contributed by atoms with E-state index >= 15 is 0 Å². The van der Waals surface area contributed by atoms with Gasteiger partial charge in [-0.1, -0.05) is 63.2 Å². The number of phenols is 1. The lowest BCUT2D eigenvalue weighted by Gasteiger charge is -2.37. The van der Waals surface area contributed by atoms with Crippen molar-refractivity contribution >= 4 is 5.71 Å². The van der Waals surface area contributed by atoms with E-state index in [4.69, 9.17) is 20.2 Å². The molecule has 1 aromatic carbocycles. The average Bonchev–Trinajstić information content (AvgIpc) is 3.94. The van der Waals surface area contributed by atoms with Crippen molar-refractivity contribution in [3.8, 4) is 11.5 Å². The van der Waals surface area contributed by atoms with Crippen LogP contribution >= 0.6 is 0 Å². The van der Waals surface area contributed by atoms with Gasteiger partial charge in [-0.25, -0.2) is 0 Å². The molecule has 0 amide bonds. The van der Waals surface area contributed by atoms with Crippen LogP contribution in [0.25, 0.3) is 0 Å². The van der Waals surface area contributed by atoms with Crippen LogP contribution in [0.15, 0.2) is 46.7 Å². The molecule has 0 bridgehead atoms. The minimum Gasteiger partial charge on any atom is -0.592 e. The lowest BCUT2D eigenvalue weighted by molar-refractivity contribution is 0.113. The summed E-state index contributed by atoms with van der Waals surface area (Å²) >= 11 is 0. The second kappa shape index (κ2) is 17.9. The van der Waals surface area contributed by atoms with Crippen LogP contribution in [0.4, 0.5) is 0 Å². The minimum atomic E-state index is -0.924. The number of hydrogen-bond donors (Lipinski definition) is 6. The second-order valence-corrected chi connectivity index (χ2v) is 16.1. The quantitative estimate of drug-likeness (QED) is 0.0748. The Morgan fingerprint density at radius 1 is 1.10 bits per heavy atom. The van der Waals surface area contributed by atoms with Crippen molar-refractivity contribution in [2.75, 3.05) is 32.8 Å². The highest BCUT2D eigenvalue weighted by Gasteiger charge is 2.57. The van der Waals surface area contributed by atoms with Gasteiger partial charge >= 0.3 is 0 Å². The number of ether oxygens (including phenoxy) is 2. The van der Waals surface area contributed by atoms with Crippen LogP contribution in [0.3, 0.4) is 0 Å². The third-order valence-electron chi connectivity index (χ3n) is 12.4. The molecule has 3 saturated carbocycles. The van der Waals surface area contributed by atoms with Gasteiger partial charge in [0.05, 0.1) is 24.5 Å². The number of phenolic OH excluding ortho intramolecular Hbond substituents is 1. The van der Waals surface area contributed by atoms with Gasteiger partial charge < -0.3 is 41.0 Å². The van der Waals surface area contributed by atoms with E-state index in [0.717, 1.165) is 74.6 Å². The first-order chi connectivity index (χ1) is 24.8. The third-order valence-corrected chi connectivity index (χ3v) is 12.4. The van der Waals surface area contributed by atoms with Crippen LogP contribution < -0.4 is 15.8 Å². The molecule has 1 spiro atoms. The minimum absolute atomic E-state index is 0.00456. The molecular weight excluding hydrogens is 642 g/mol. The van der Waals surface area contributed by atoms with Crippen molar-refractivity contribution < 1.29 is 29.9 Å². The van der Waals surface area contributed by atoms with Gasteiger partial charge in [-0.05, 0) is 93.4 Å². The van der Waals surface area contributed by atoms with Crippen molar-refractivity contribution in [2.24, 2.45) is 33.9 Å². The Bertz CT molecular complexity index is 1370. The number of allylic oxidation sites excluding steroid dienone is 1. The number of aliphatic imine (C=N–C) groups is 1. The molecule has 282 valence electrons. The summed E-state index contributed by atoms with van der Waals surface area (Å²) in [5.41, 5.74) is 9.31. The summed E-state index contributed by atoms with van der Waals surface area (Å²) in [6.45, 7) is 3.94. The van der Waals surface area contributed by atoms with E-state index in [1.54, 1.807) is 6.07 Å². The van der Waals surface area contributed by atoms with Crippen LogP contribution in [-0.2, 0) is 11.2 Å². The molecule has 7 N–H and O–H groups in total. The first-order valence-corrected chi connectivity index (χ1v) is 20.0. The van der Waals surface area contributed by atoms with Gasteiger partial charge in [0.2, 0.25) is 0 Å². The molecule has 0 radical (unpaired) electrons. The van der Waals surface area contributed by atoms with Crippen LogP contribution in [0, 0.1) is 35.1 Å². The maximum absolute atomic E-state index is 11.4. The number of aryl methyl sites for hydroxylation is 1. The molecule has 3 aliphatic carbocycles. The zero-order valence-corrected chi connectivity index (χ0v) is 30.8. The summed E-state index contributed by atoms with van der Waals surface area (Å²) in [6.07, 6.45) is 20.6. The number of nitrogens with two attached hydrogens (primary N) is 1. The predicted octanol–water partition coefficient (Wildman–Crippen LogP) is 6.09. The van der Waals surface area contributed by atoms with Gasteiger partial charge in [0.15, 0.2) is 29.4 Å². The van der Waals surface area contributed by atoms with Crippen LogP contribution in [0.2, 0.25) is 0 Å². The molecular formula is C42H63N3O6. The van der Waals surface area contributed by atoms with Crippen LogP contribution in [-0.4, -0.2) is 77.3 Å². The lowest BCUT2D eigenvalue weighted by Crippen LogP contribution is -2.37. The number of hydrogen-bond acceptors (Lipinski definition) is 9. The van der Waals surface area contributed by atoms with Gasteiger partial charge in [-0.3, -0.25) is 0 Å². The molecule has 0 saturated heterocycles. The molecule has 6 rings (SSSR count). The Kier molecular flexibility index (Phi) is 13.3. The molecule has 5 aliphatic rings. The van der Waals surface area contributed by atoms with Gasteiger partial charge in [0, 0.05) is 25.8 Å². The summed E-state index contributed by atoms with van der Waals surface area (Å²) in [6, 6.07) is 6.02. The SMILES string of the molecule is C[C@H](O)CNC[C@@H]1C2=C[C+]([C@@H](O)COc3cc(CCC4=C[C-](CO)C(CCCCCCCN)O4)ccc3O)N=C2CC2(CCCC2)[C@H]2CCC[C@@H]12. The Morgan fingerprint density at radius 2 is 1.90 bits per heavy atom. The molecule has 0 aromatic heterocycles. The van der Waals surface area contributed by atoms with E-state index in [9.17, 15) is 20.4 Å². The normalized spacial score (nSPS) is 26.3. The zero-order chi connectivity index (χ0) is 35.8. The molecule has 2 aliphatic heterocycles. The largest absolute Gasteiger partial charge is 0.592 e. The van der Waals surface area contributed by atoms with Crippen molar-refractivity contribution in [1.82, 2.24) is 5.32 Å². The monoisotopic (exact) mass is 705 g/mol. The van der Waals surface area contributed by atoms with Gasteiger partial charge in [-0.2, -0.15) is 12.0 Å². The van der Waals surface area contributed by atoms with Crippen LogP contribution in [0.5, 0.6) is 11.5 Å². The molecule has 9 nitrogen and oxygen atoms in total. The van der Waals surface area contributed by atoms with E-state index in [0.29, 0.717) is 54.3 Å². The maximum atomic E-state index is 11.4. The van der Waals surface area contributed by atoms with E-state index in [-0.39, 0.29) is 25.1 Å². The predicted molar refractivity (Wildman–Crippen MR) is 201 cm³/mol. The standard InChI is InChI=1S/C42H63N3O6/c1-28(47)24-44-25-34-32-10-9-11-35(32)42(17-6-7-18-42)23-37-33(34)22-36(45-37)39(49)27-50-41-20-29(14-16-38(41)48)13-15-31-21-30(26-46)40(51-31)12-5-3-2-4-8-19-43/h14,16,20-22,28,32,34-35,39-40,44,46-49H,2-13,15,17-19,23-27,43H2,1H3/t28-,32-,34-,35-,39-,40?/m0/s1. The average molecular weight is 706 g/mol. The summed E-state index contributed by atoms with van der Waals surface area (Å²) in [5, 5.41) is 45.5. The Labute approximate surface area is 305 Å². The fraction of sp³-hybridized carbons (Fsp3) is 0.690. The van der Waals surface area contributed by atoms with E-state index in [2.05, 4.69) is 11.4 Å². The number of nitrogens with one attached hydrogen (secondary N) is 1. The Hall–Kier alpha value is -2.69. The smallest absolute Gasteiger partial charge is 0.190 e. The van der Waals surface area contributed by atoms with Gasteiger partial charge in [0.25, 0.3) is 0 Å². The fourth-order valence-corrected chi connectivity index (χ4v) is 9.86. The number of aliphatic hydroxyl groups is 3. The number of rotatable bonds is 19. The van der Waals surface area contributed by atoms with Crippen molar-refractivity contribution in [3.63, 3.8) is 0 Å². The van der Waals surface area contributed by atoms with E-state index < -0.39 is 12.2 Å². The topological polar surface area (TPSA) is 150 Å². The summed E-state index contributed by atoms with van der Waals surface area (Å²) in [4.78, 5) is 5.12. The highest BCUT2D eigenvalue weighted by Crippen LogP contribution is 2.60. The Morgan fingerprint density at radius 3 is 2.69 bits per heavy atom. The first kappa shape index (κ1) is 38.0. The molecule has 51 heavy (non-hydrogen) atoms. The number of fused-ring (bicyclic) bond motifs is 3. The number of nitrogens with zero attached hydrogens (tertiary/aromatic N) is 1. The summed E-state index contributed by atoms with van der Waals surface area (Å²) in [7, 11) is 0. The third kappa shape index (κ3) is 9.28. The lowest BCUT2D eigenvalue weighted by atomic mass is 9.66. The zero-order valence-electron chi connectivity index (χ0n) is 30.8. The highest BCUT2D eigenvalue weighted by molar-refractivity contribution is 6.04. The maximum Gasteiger partial charge on any atom is 0.190 e. The molecule has 6 atom stereocenters. The fourth-order valence-electron chi connectivity index (χ4n) is 9.86. The van der Waals surface area contributed by atoms with Crippen molar-refractivity contribution in [1.29, 1.82) is 0 Å². The Balaban J connectivity index is 1.05. The molecule has 9 heteroatoms.